The Morgan fingerprint density at radius 2 is 1.95 bits per heavy atom. The maximum Gasteiger partial charge on any atom is 0.236 e. The molecular weight excluding hydrogens is 252 g/mol. The van der Waals surface area contributed by atoms with Crippen LogP contribution < -0.4 is 4.74 Å². The molecule has 2 fully saturated rings. The molecule has 2 saturated heterocycles. The molecular formula is C16H22N2O2. The SMILES string of the molecule is COc1ccc(C2CCCN2CC(=O)N2CCC2)cc1. The normalized spacial score (nSPS) is 22.6. The molecule has 0 saturated carbocycles. The van der Waals surface area contributed by atoms with Gasteiger partial charge in [-0.15, -0.1) is 0 Å². The third-order valence-electron chi connectivity index (χ3n) is 4.41. The minimum absolute atomic E-state index is 0.289. The van der Waals surface area contributed by atoms with Gasteiger partial charge in [0, 0.05) is 19.1 Å². The van der Waals surface area contributed by atoms with Gasteiger partial charge in [-0.2, -0.15) is 0 Å². The number of benzene rings is 1. The summed E-state index contributed by atoms with van der Waals surface area (Å²) < 4.78 is 5.20. The second kappa shape index (κ2) is 5.83. The van der Waals surface area contributed by atoms with Crippen molar-refractivity contribution in [1.82, 2.24) is 9.80 Å². The molecule has 1 atom stereocenters. The number of amides is 1. The standard InChI is InChI=1S/C16H22N2O2/c1-20-14-7-5-13(6-8-14)15-4-2-9-18(15)12-16(19)17-10-3-11-17/h5-8,15H,2-4,9-12H2,1H3. The van der Waals surface area contributed by atoms with Crippen LogP contribution in [0.4, 0.5) is 0 Å². The van der Waals surface area contributed by atoms with Gasteiger partial charge in [0.15, 0.2) is 0 Å². The highest BCUT2D eigenvalue weighted by Crippen LogP contribution is 2.32. The van der Waals surface area contributed by atoms with Crippen molar-refractivity contribution in [1.29, 1.82) is 0 Å². The summed E-state index contributed by atoms with van der Waals surface area (Å²) in [5, 5.41) is 0. The maximum atomic E-state index is 12.1. The molecule has 0 N–H and O–H groups in total. The summed E-state index contributed by atoms with van der Waals surface area (Å²) in [5.41, 5.74) is 1.29. The van der Waals surface area contributed by atoms with Gasteiger partial charge in [0.1, 0.15) is 5.75 Å². The van der Waals surface area contributed by atoms with Crippen molar-refractivity contribution in [3.05, 3.63) is 29.8 Å². The van der Waals surface area contributed by atoms with Crippen molar-refractivity contribution < 1.29 is 9.53 Å². The molecule has 0 aromatic heterocycles. The van der Waals surface area contributed by atoms with E-state index in [1.807, 2.05) is 17.0 Å². The van der Waals surface area contributed by atoms with Crippen LogP contribution in [-0.2, 0) is 4.79 Å². The maximum absolute atomic E-state index is 12.1. The number of methoxy groups -OCH3 is 1. The highest BCUT2D eigenvalue weighted by Gasteiger charge is 2.30. The van der Waals surface area contributed by atoms with Crippen molar-refractivity contribution in [2.75, 3.05) is 33.3 Å². The Hall–Kier alpha value is -1.55. The van der Waals surface area contributed by atoms with Gasteiger partial charge < -0.3 is 9.64 Å². The quantitative estimate of drug-likeness (QED) is 0.842. The molecule has 3 rings (SSSR count). The summed E-state index contributed by atoms with van der Waals surface area (Å²) in [7, 11) is 1.68. The molecule has 0 aliphatic carbocycles. The number of nitrogens with zero attached hydrogens (tertiary/aromatic N) is 2. The van der Waals surface area contributed by atoms with Crippen LogP contribution in [0.2, 0.25) is 0 Å². The molecule has 4 nitrogen and oxygen atoms in total. The van der Waals surface area contributed by atoms with Crippen LogP contribution in [0.25, 0.3) is 0 Å². The number of ether oxygens (including phenoxy) is 1. The lowest BCUT2D eigenvalue weighted by Crippen LogP contribution is -2.47. The van der Waals surface area contributed by atoms with Crippen LogP contribution in [-0.4, -0.2) is 49.0 Å². The zero-order valence-electron chi connectivity index (χ0n) is 12.0. The monoisotopic (exact) mass is 274 g/mol. The third-order valence-corrected chi connectivity index (χ3v) is 4.41. The van der Waals surface area contributed by atoms with Gasteiger partial charge in [-0.3, -0.25) is 9.69 Å². The van der Waals surface area contributed by atoms with Crippen LogP contribution in [0.5, 0.6) is 5.75 Å². The van der Waals surface area contributed by atoms with Gasteiger partial charge in [0.2, 0.25) is 5.91 Å². The van der Waals surface area contributed by atoms with Crippen molar-refractivity contribution in [2.45, 2.75) is 25.3 Å². The summed E-state index contributed by atoms with van der Waals surface area (Å²) in [5.74, 6) is 1.17. The first-order chi connectivity index (χ1) is 9.78. The van der Waals surface area contributed by atoms with Crippen LogP contribution in [0.15, 0.2) is 24.3 Å². The molecule has 2 aliphatic heterocycles. The van der Waals surface area contributed by atoms with Crippen LogP contribution in [0.3, 0.4) is 0 Å². The smallest absolute Gasteiger partial charge is 0.236 e. The summed E-state index contributed by atoms with van der Waals surface area (Å²) in [6.45, 7) is 3.48. The van der Waals surface area contributed by atoms with E-state index in [0.29, 0.717) is 12.6 Å². The topological polar surface area (TPSA) is 32.8 Å². The zero-order valence-corrected chi connectivity index (χ0v) is 12.0. The second-order valence-corrected chi connectivity index (χ2v) is 5.64. The van der Waals surface area contributed by atoms with E-state index < -0.39 is 0 Å². The Kier molecular flexibility index (Phi) is 3.92. The lowest BCUT2D eigenvalue weighted by atomic mass is 10.0. The Morgan fingerprint density at radius 1 is 1.20 bits per heavy atom. The molecule has 1 unspecified atom stereocenters. The summed E-state index contributed by atoms with van der Waals surface area (Å²) in [4.78, 5) is 16.4. The fourth-order valence-corrected chi connectivity index (χ4v) is 3.06. The van der Waals surface area contributed by atoms with Crippen molar-refractivity contribution in [2.24, 2.45) is 0 Å². The molecule has 2 aliphatic rings. The molecule has 108 valence electrons. The number of hydrogen-bond acceptors (Lipinski definition) is 3. The lowest BCUT2D eigenvalue weighted by Gasteiger charge is -2.33. The number of likely N-dealkylation sites (tertiary alicyclic amines) is 2. The first kappa shape index (κ1) is 13.4. The fraction of sp³-hybridized carbons (Fsp3) is 0.562. The van der Waals surface area contributed by atoms with Gasteiger partial charge in [-0.05, 0) is 43.5 Å². The van der Waals surface area contributed by atoms with E-state index in [2.05, 4.69) is 17.0 Å². The van der Waals surface area contributed by atoms with E-state index in [1.165, 1.54) is 12.0 Å². The van der Waals surface area contributed by atoms with E-state index in [1.54, 1.807) is 7.11 Å². The Bertz CT molecular complexity index is 468. The molecule has 4 heteroatoms. The van der Waals surface area contributed by atoms with Crippen molar-refractivity contribution in [3.8, 4) is 5.75 Å². The van der Waals surface area contributed by atoms with Gasteiger partial charge in [-0.1, -0.05) is 12.1 Å². The Balaban J connectivity index is 1.66. The van der Waals surface area contributed by atoms with Crippen LogP contribution in [0, 0.1) is 0 Å². The minimum Gasteiger partial charge on any atom is -0.497 e. The van der Waals surface area contributed by atoms with Gasteiger partial charge in [0.25, 0.3) is 0 Å². The van der Waals surface area contributed by atoms with Gasteiger partial charge in [-0.25, -0.2) is 0 Å². The zero-order chi connectivity index (χ0) is 13.9. The lowest BCUT2D eigenvalue weighted by molar-refractivity contribution is -0.136. The molecule has 1 aromatic rings. The highest BCUT2D eigenvalue weighted by atomic mass is 16.5. The molecule has 0 radical (unpaired) electrons. The van der Waals surface area contributed by atoms with Gasteiger partial charge >= 0.3 is 0 Å². The Labute approximate surface area is 120 Å². The first-order valence-electron chi connectivity index (χ1n) is 7.44. The summed E-state index contributed by atoms with van der Waals surface area (Å²) in [6, 6.07) is 8.63. The average Bonchev–Trinajstić information content (AvgIpc) is 2.85. The third kappa shape index (κ3) is 2.66. The van der Waals surface area contributed by atoms with E-state index in [9.17, 15) is 4.79 Å². The summed E-state index contributed by atoms with van der Waals surface area (Å²) in [6.07, 6.45) is 3.47. The molecule has 0 spiro atoms. The van der Waals surface area contributed by atoms with E-state index >= 15 is 0 Å². The van der Waals surface area contributed by atoms with Crippen LogP contribution in [0.1, 0.15) is 30.9 Å². The number of rotatable bonds is 4. The summed E-state index contributed by atoms with van der Waals surface area (Å²) >= 11 is 0. The number of hydrogen-bond donors (Lipinski definition) is 0. The fourth-order valence-electron chi connectivity index (χ4n) is 3.06. The van der Waals surface area contributed by atoms with Crippen LogP contribution >= 0.6 is 0 Å². The molecule has 1 aromatic carbocycles. The van der Waals surface area contributed by atoms with E-state index in [4.69, 9.17) is 4.74 Å². The van der Waals surface area contributed by atoms with Crippen molar-refractivity contribution in [3.63, 3.8) is 0 Å². The Morgan fingerprint density at radius 3 is 2.55 bits per heavy atom. The predicted molar refractivity (Wildman–Crippen MR) is 77.7 cm³/mol. The number of carbonyl (C=O) groups is 1. The second-order valence-electron chi connectivity index (χ2n) is 5.64. The highest BCUT2D eigenvalue weighted by molar-refractivity contribution is 5.79. The van der Waals surface area contributed by atoms with Crippen molar-refractivity contribution >= 4 is 5.91 Å². The van der Waals surface area contributed by atoms with E-state index in [-0.39, 0.29) is 5.91 Å². The minimum atomic E-state index is 0.289. The predicted octanol–water partition coefficient (Wildman–Crippen LogP) is 2.06. The first-order valence-corrected chi connectivity index (χ1v) is 7.44. The molecule has 1 amide bonds. The molecule has 20 heavy (non-hydrogen) atoms. The van der Waals surface area contributed by atoms with E-state index in [0.717, 1.165) is 38.2 Å². The molecule has 0 bridgehead atoms. The molecule has 2 heterocycles. The number of carbonyl (C=O) groups excluding carboxylic acids is 1. The largest absolute Gasteiger partial charge is 0.497 e. The average molecular weight is 274 g/mol. The van der Waals surface area contributed by atoms with Gasteiger partial charge in [0.05, 0.1) is 13.7 Å².